The molecule has 4 heteroatoms. The van der Waals surface area contributed by atoms with Gasteiger partial charge >= 0.3 is 11.9 Å². The van der Waals surface area contributed by atoms with Crippen molar-refractivity contribution in [3.8, 4) is 0 Å². The van der Waals surface area contributed by atoms with Crippen molar-refractivity contribution in [3.63, 3.8) is 0 Å². The molecule has 146 valence electrons. The summed E-state index contributed by atoms with van der Waals surface area (Å²) >= 11 is 0. The van der Waals surface area contributed by atoms with Gasteiger partial charge in [0.2, 0.25) is 0 Å². The molecule has 0 atom stereocenters. The largest absolute Gasteiger partial charge is 0.463 e. The van der Waals surface area contributed by atoms with Gasteiger partial charge in [-0.15, -0.1) is 0 Å². The highest BCUT2D eigenvalue weighted by molar-refractivity contribution is 5.89. The Bertz CT molecular complexity index is 514. The summed E-state index contributed by atoms with van der Waals surface area (Å²) in [5, 5.41) is 0. The first kappa shape index (κ1) is 22.2. The fraction of sp³-hybridized carbons (Fsp3) is 0.636. The van der Waals surface area contributed by atoms with Crippen molar-refractivity contribution in [2.75, 3.05) is 0 Å². The normalized spacial score (nSPS) is 17.9. The molecule has 0 unspecified atom stereocenters. The molecule has 2 aliphatic rings. The molecule has 2 fully saturated rings. The zero-order valence-corrected chi connectivity index (χ0v) is 15.2. The highest BCUT2D eigenvalue weighted by Crippen LogP contribution is 2.21. The monoisotopic (exact) mass is 362 g/mol. The first-order chi connectivity index (χ1) is 12.1. The van der Waals surface area contributed by atoms with Crippen molar-refractivity contribution in [3.05, 3.63) is 35.9 Å². The predicted molar refractivity (Wildman–Crippen MR) is 104 cm³/mol. The molecule has 0 N–H and O–H groups in total. The second kappa shape index (κ2) is 12.5. The number of esters is 2. The highest BCUT2D eigenvalue weighted by Gasteiger charge is 2.18. The van der Waals surface area contributed by atoms with Crippen molar-refractivity contribution in [1.82, 2.24) is 0 Å². The molecule has 1 aromatic rings. The second-order valence-electron chi connectivity index (χ2n) is 6.90. The average Bonchev–Trinajstić information content (AvgIpc) is 2.64. The molecule has 0 saturated heterocycles. The van der Waals surface area contributed by atoms with Gasteiger partial charge in [0.15, 0.2) is 0 Å². The van der Waals surface area contributed by atoms with Crippen LogP contribution in [0.25, 0.3) is 0 Å². The van der Waals surface area contributed by atoms with Gasteiger partial charge in [-0.05, 0) is 63.5 Å². The fourth-order valence-electron chi connectivity index (χ4n) is 3.39. The smallest absolute Gasteiger partial charge is 0.338 e. The van der Waals surface area contributed by atoms with Gasteiger partial charge in [0.05, 0.1) is 5.56 Å². The van der Waals surface area contributed by atoms with Crippen LogP contribution < -0.4 is 0 Å². The molecule has 0 aromatic heterocycles. The third kappa shape index (κ3) is 8.50. The number of carbonyl (C=O) groups excluding carboxylic acids is 2. The van der Waals surface area contributed by atoms with Gasteiger partial charge in [-0.3, -0.25) is 4.79 Å². The Kier molecular flexibility index (Phi) is 10.7. The van der Waals surface area contributed by atoms with Crippen LogP contribution in [0.5, 0.6) is 0 Å². The Balaban J connectivity index is 0.000000270. The summed E-state index contributed by atoms with van der Waals surface area (Å²) in [5.74, 6) is -0.311. The number of carbonyl (C=O) groups is 2. The zero-order valence-electron chi connectivity index (χ0n) is 15.2. The van der Waals surface area contributed by atoms with Crippen molar-refractivity contribution < 1.29 is 19.1 Å². The van der Waals surface area contributed by atoms with Crippen LogP contribution in [0.2, 0.25) is 0 Å². The minimum Gasteiger partial charge on any atom is -0.463 e. The quantitative estimate of drug-likeness (QED) is 0.648. The summed E-state index contributed by atoms with van der Waals surface area (Å²) in [6, 6.07) is 9.21. The molecule has 0 aliphatic heterocycles. The number of hydrogen-bond donors (Lipinski definition) is 0. The molecule has 26 heavy (non-hydrogen) atoms. The average molecular weight is 363 g/mol. The Morgan fingerprint density at radius 2 is 1.23 bits per heavy atom. The molecular formula is C22H34O4. The van der Waals surface area contributed by atoms with E-state index in [0.29, 0.717) is 5.56 Å². The van der Waals surface area contributed by atoms with Crippen LogP contribution in [0.1, 0.15) is 88.9 Å². The Morgan fingerprint density at radius 1 is 0.769 bits per heavy atom. The van der Waals surface area contributed by atoms with Gasteiger partial charge in [-0.2, -0.15) is 0 Å². The van der Waals surface area contributed by atoms with Crippen LogP contribution in [-0.4, -0.2) is 24.1 Å². The topological polar surface area (TPSA) is 52.6 Å². The predicted octanol–water partition coefficient (Wildman–Crippen LogP) is 5.69. The van der Waals surface area contributed by atoms with Crippen molar-refractivity contribution in [2.45, 2.75) is 90.8 Å². The molecule has 2 aliphatic carbocycles. The van der Waals surface area contributed by atoms with Crippen molar-refractivity contribution in [2.24, 2.45) is 0 Å². The first-order valence-corrected chi connectivity index (χ1v) is 9.58. The van der Waals surface area contributed by atoms with Crippen LogP contribution in [0.3, 0.4) is 0 Å². The van der Waals surface area contributed by atoms with Crippen LogP contribution in [0, 0.1) is 0 Å². The van der Waals surface area contributed by atoms with E-state index in [0.717, 1.165) is 25.7 Å². The van der Waals surface area contributed by atoms with Gasteiger partial charge < -0.3 is 9.47 Å². The van der Waals surface area contributed by atoms with E-state index in [-0.39, 0.29) is 31.6 Å². The van der Waals surface area contributed by atoms with E-state index >= 15 is 0 Å². The van der Waals surface area contributed by atoms with Crippen LogP contribution >= 0.6 is 0 Å². The van der Waals surface area contributed by atoms with E-state index in [1.807, 2.05) is 18.2 Å². The third-order valence-electron chi connectivity index (χ3n) is 4.72. The summed E-state index contributed by atoms with van der Waals surface area (Å²) in [6.45, 7) is 1.48. The summed E-state index contributed by atoms with van der Waals surface area (Å²) in [5.41, 5.74) is 0.656. The van der Waals surface area contributed by atoms with E-state index in [9.17, 15) is 9.59 Å². The third-order valence-corrected chi connectivity index (χ3v) is 4.72. The second-order valence-corrected chi connectivity index (χ2v) is 6.90. The molecule has 0 radical (unpaired) electrons. The Morgan fingerprint density at radius 3 is 1.69 bits per heavy atom. The Labute approximate surface area is 158 Å². The lowest BCUT2D eigenvalue weighted by molar-refractivity contribution is -0.147. The van der Waals surface area contributed by atoms with E-state index in [4.69, 9.17) is 9.47 Å². The van der Waals surface area contributed by atoms with E-state index in [1.165, 1.54) is 45.4 Å². The van der Waals surface area contributed by atoms with Gasteiger partial charge in [0.1, 0.15) is 12.2 Å². The lowest BCUT2D eigenvalue weighted by Gasteiger charge is -2.21. The number of ether oxygens (including phenoxy) is 2. The minimum absolute atomic E-state index is 0. The van der Waals surface area contributed by atoms with E-state index < -0.39 is 0 Å². The van der Waals surface area contributed by atoms with Crippen LogP contribution in [0.15, 0.2) is 30.3 Å². The molecule has 3 rings (SSSR count). The van der Waals surface area contributed by atoms with E-state index in [2.05, 4.69) is 0 Å². The molecule has 4 nitrogen and oxygen atoms in total. The van der Waals surface area contributed by atoms with E-state index in [1.54, 1.807) is 12.1 Å². The molecular weight excluding hydrogens is 328 g/mol. The minimum atomic E-state index is -0.178. The highest BCUT2D eigenvalue weighted by atomic mass is 16.5. The van der Waals surface area contributed by atoms with Gasteiger partial charge in [-0.1, -0.05) is 38.5 Å². The SMILES string of the molecule is C.CC(=O)OC1CCCCC1.O=C(OC1CCCCC1)c1ccccc1. The Hall–Kier alpha value is -1.84. The standard InChI is InChI=1S/C13H16O2.C8H14O2.CH4/c14-13(11-7-3-1-4-8-11)15-12-9-5-2-6-10-12;1-7(9)10-8-5-3-2-4-6-8;/h1,3-4,7-8,12H,2,5-6,9-10H2;8H,2-6H2,1H3;1H4. The van der Waals surface area contributed by atoms with Gasteiger partial charge in [0.25, 0.3) is 0 Å². The van der Waals surface area contributed by atoms with Crippen molar-refractivity contribution >= 4 is 11.9 Å². The molecule has 1 aromatic carbocycles. The van der Waals surface area contributed by atoms with Gasteiger partial charge in [-0.25, -0.2) is 4.79 Å². The molecule has 0 bridgehead atoms. The summed E-state index contributed by atoms with van der Waals surface area (Å²) in [4.78, 5) is 22.2. The molecule has 2 saturated carbocycles. The maximum Gasteiger partial charge on any atom is 0.338 e. The number of hydrogen-bond acceptors (Lipinski definition) is 4. The van der Waals surface area contributed by atoms with Gasteiger partial charge in [0, 0.05) is 6.92 Å². The van der Waals surface area contributed by atoms with Crippen LogP contribution in [-0.2, 0) is 14.3 Å². The van der Waals surface area contributed by atoms with Crippen molar-refractivity contribution in [1.29, 1.82) is 0 Å². The number of rotatable bonds is 3. The molecule has 0 heterocycles. The maximum atomic E-state index is 11.7. The fourth-order valence-corrected chi connectivity index (χ4v) is 3.39. The zero-order chi connectivity index (χ0) is 17.9. The first-order valence-electron chi connectivity index (χ1n) is 9.58. The maximum absolute atomic E-state index is 11.7. The molecule has 0 amide bonds. The lowest BCUT2D eigenvalue weighted by Crippen LogP contribution is -2.20. The summed E-state index contributed by atoms with van der Waals surface area (Å²) < 4.78 is 10.5. The lowest BCUT2D eigenvalue weighted by atomic mass is 9.98. The molecule has 0 spiro atoms. The number of benzene rings is 1. The van der Waals surface area contributed by atoms with Crippen LogP contribution in [0.4, 0.5) is 0 Å². The summed E-state index contributed by atoms with van der Waals surface area (Å²) in [7, 11) is 0. The summed E-state index contributed by atoms with van der Waals surface area (Å²) in [6.07, 6.45) is 12.0.